The largest absolute Gasteiger partial charge is 0.341 e. The fourth-order valence-electron chi connectivity index (χ4n) is 2.26. The second-order valence-electron chi connectivity index (χ2n) is 4.78. The molecular weight excluding hydrogens is 200 g/mol. The van der Waals surface area contributed by atoms with E-state index < -0.39 is 0 Å². The molecule has 94 valence electrons. The van der Waals surface area contributed by atoms with Gasteiger partial charge in [0.05, 0.1) is 0 Å². The van der Waals surface area contributed by atoms with Gasteiger partial charge in [-0.1, -0.05) is 32.6 Å². The molecule has 16 heavy (non-hydrogen) atoms. The molecule has 1 unspecified atom stereocenters. The predicted molar refractivity (Wildman–Crippen MR) is 67.4 cm³/mol. The molecule has 1 heterocycles. The summed E-state index contributed by atoms with van der Waals surface area (Å²) < 4.78 is 0. The number of likely N-dealkylation sites (tertiary alicyclic amines) is 1. The van der Waals surface area contributed by atoms with Crippen molar-refractivity contribution in [3.63, 3.8) is 0 Å². The first-order valence-electron chi connectivity index (χ1n) is 6.73. The van der Waals surface area contributed by atoms with Gasteiger partial charge in [-0.25, -0.2) is 0 Å². The molecule has 1 rings (SSSR count). The number of rotatable bonds is 7. The third kappa shape index (κ3) is 4.52. The Labute approximate surface area is 99.6 Å². The van der Waals surface area contributed by atoms with Crippen LogP contribution >= 0.6 is 0 Å². The van der Waals surface area contributed by atoms with E-state index in [9.17, 15) is 4.79 Å². The molecule has 0 aromatic heterocycles. The zero-order valence-electron chi connectivity index (χ0n) is 10.8. The van der Waals surface area contributed by atoms with Crippen LogP contribution in [0.2, 0.25) is 0 Å². The normalized spacial score (nSPS) is 20.4. The summed E-state index contributed by atoms with van der Waals surface area (Å²) >= 11 is 0. The van der Waals surface area contributed by atoms with Crippen LogP contribution < -0.4 is 5.32 Å². The summed E-state index contributed by atoms with van der Waals surface area (Å²) in [6, 6.07) is 0.518. The lowest BCUT2D eigenvalue weighted by Crippen LogP contribution is -2.33. The number of unbranched alkanes of at least 4 members (excludes halogenated alkanes) is 4. The summed E-state index contributed by atoms with van der Waals surface area (Å²) in [5.74, 6) is 0.356. The Morgan fingerprint density at radius 3 is 2.69 bits per heavy atom. The van der Waals surface area contributed by atoms with Gasteiger partial charge in [-0.15, -0.1) is 0 Å². The summed E-state index contributed by atoms with van der Waals surface area (Å²) in [6.45, 7) is 4.07. The van der Waals surface area contributed by atoms with Crippen molar-refractivity contribution in [3.8, 4) is 0 Å². The minimum absolute atomic E-state index is 0.356. The lowest BCUT2D eigenvalue weighted by Gasteiger charge is -2.16. The van der Waals surface area contributed by atoms with E-state index in [1.54, 1.807) is 0 Å². The number of hydrogen-bond acceptors (Lipinski definition) is 2. The number of amides is 1. The van der Waals surface area contributed by atoms with Crippen molar-refractivity contribution in [2.45, 2.75) is 57.9 Å². The van der Waals surface area contributed by atoms with Gasteiger partial charge >= 0.3 is 0 Å². The average molecular weight is 226 g/mol. The van der Waals surface area contributed by atoms with E-state index in [1.165, 1.54) is 25.7 Å². The molecule has 0 saturated carbocycles. The van der Waals surface area contributed by atoms with Crippen LogP contribution in [0.25, 0.3) is 0 Å². The third-order valence-electron chi connectivity index (χ3n) is 3.44. The van der Waals surface area contributed by atoms with E-state index in [1.807, 2.05) is 11.9 Å². The second-order valence-corrected chi connectivity index (χ2v) is 4.78. The first kappa shape index (κ1) is 13.5. The zero-order valence-corrected chi connectivity index (χ0v) is 10.8. The third-order valence-corrected chi connectivity index (χ3v) is 3.44. The van der Waals surface area contributed by atoms with Crippen LogP contribution in [0.15, 0.2) is 0 Å². The number of nitrogens with one attached hydrogen (secondary N) is 1. The van der Waals surface area contributed by atoms with Gasteiger partial charge in [0.1, 0.15) is 0 Å². The van der Waals surface area contributed by atoms with Gasteiger partial charge in [0.15, 0.2) is 0 Å². The maximum Gasteiger partial charge on any atom is 0.222 e. The molecule has 1 N–H and O–H groups in total. The van der Waals surface area contributed by atoms with Crippen LogP contribution in [0.4, 0.5) is 0 Å². The summed E-state index contributed by atoms with van der Waals surface area (Å²) in [7, 11) is 1.98. The fraction of sp³-hybridized carbons (Fsp3) is 0.923. The number of likely N-dealkylation sites (N-methyl/N-ethyl adjacent to an activating group) is 1. The van der Waals surface area contributed by atoms with Crippen LogP contribution in [-0.4, -0.2) is 37.0 Å². The molecule has 1 fully saturated rings. The SMILES string of the molecule is CCCCCCCC(=O)N1CCC(NC)C1. The van der Waals surface area contributed by atoms with Crippen LogP contribution in [0, 0.1) is 0 Å². The minimum Gasteiger partial charge on any atom is -0.341 e. The second kappa shape index (κ2) is 7.66. The highest BCUT2D eigenvalue weighted by atomic mass is 16.2. The maximum absolute atomic E-state index is 11.8. The molecule has 3 heteroatoms. The van der Waals surface area contributed by atoms with Gasteiger partial charge in [0, 0.05) is 25.6 Å². The van der Waals surface area contributed by atoms with Gasteiger partial charge in [0.2, 0.25) is 5.91 Å². The van der Waals surface area contributed by atoms with Crippen molar-refractivity contribution in [2.75, 3.05) is 20.1 Å². The molecule has 1 aliphatic heterocycles. The Kier molecular flexibility index (Phi) is 6.46. The Balaban J connectivity index is 2.06. The Morgan fingerprint density at radius 2 is 2.06 bits per heavy atom. The van der Waals surface area contributed by atoms with E-state index >= 15 is 0 Å². The van der Waals surface area contributed by atoms with Gasteiger partial charge in [-0.2, -0.15) is 0 Å². The van der Waals surface area contributed by atoms with E-state index in [2.05, 4.69) is 12.2 Å². The van der Waals surface area contributed by atoms with Crippen molar-refractivity contribution >= 4 is 5.91 Å². The molecule has 1 saturated heterocycles. The van der Waals surface area contributed by atoms with Crippen molar-refractivity contribution in [1.82, 2.24) is 10.2 Å². The fourth-order valence-corrected chi connectivity index (χ4v) is 2.26. The van der Waals surface area contributed by atoms with Gasteiger partial charge in [-0.05, 0) is 19.9 Å². The first-order chi connectivity index (χ1) is 7.77. The van der Waals surface area contributed by atoms with Gasteiger partial charge in [-0.3, -0.25) is 4.79 Å². The van der Waals surface area contributed by atoms with Crippen molar-refractivity contribution in [2.24, 2.45) is 0 Å². The molecule has 1 atom stereocenters. The highest BCUT2D eigenvalue weighted by Gasteiger charge is 2.24. The van der Waals surface area contributed by atoms with E-state index in [0.717, 1.165) is 32.4 Å². The maximum atomic E-state index is 11.8. The highest BCUT2D eigenvalue weighted by molar-refractivity contribution is 5.76. The smallest absolute Gasteiger partial charge is 0.222 e. The predicted octanol–water partition coefficient (Wildman–Crippen LogP) is 2.17. The van der Waals surface area contributed by atoms with Gasteiger partial charge in [0.25, 0.3) is 0 Å². The minimum atomic E-state index is 0.356. The van der Waals surface area contributed by atoms with Crippen LogP contribution in [0.3, 0.4) is 0 Å². The monoisotopic (exact) mass is 226 g/mol. The Hall–Kier alpha value is -0.570. The molecule has 1 aliphatic rings. The molecule has 0 aromatic carbocycles. The number of nitrogens with zero attached hydrogens (tertiary/aromatic N) is 1. The standard InChI is InChI=1S/C13H26N2O/c1-3-4-5-6-7-8-13(16)15-10-9-12(11-15)14-2/h12,14H,3-11H2,1-2H3. The molecule has 0 spiro atoms. The van der Waals surface area contributed by atoms with Crippen molar-refractivity contribution in [1.29, 1.82) is 0 Å². The zero-order chi connectivity index (χ0) is 11.8. The Bertz CT molecular complexity index is 206. The van der Waals surface area contributed by atoms with E-state index in [4.69, 9.17) is 0 Å². The van der Waals surface area contributed by atoms with Crippen LogP contribution in [0.1, 0.15) is 51.9 Å². The topological polar surface area (TPSA) is 32.3 Å². The highest BCUT2D eigenvalue weighted by Crippen LogP contribution is 2.12. The molecule has 0 bridgehead atoms. The summed E-state index contributed by atoms with van der Waals surface area (Å²) in [4.78, 5) is 13.9. The quantitative estimate of drug-likeness (QED) is 0.675. The lowest BCUT2D eigenvalue weighted by molar-refractivity contribution is -0.130. The molecule has 0 aliphatic carbocycles. The number of carbonyl (C=O) groups is 1. The molecule has 0 aromatic rings. The Morgan fingerprint density at radius 1 is 1.31 bits per heavy atom. The van der Waals surface area contributed by atoms with Crippen molar-refractivity contribution < 1.29 is 4.79 Å². The first-order valence-corrected chi connectivity index (χ1v) is 6.73. The lowest BCUT2D eigenvalue weighted by atomic mass is 10.1. The van der Waals surface area contributed by atoms with Crippen LogP contribution in [0.5, 0.6) is 0 Å². The van der Waals surface area contributed by atoms with Crippen LogP contribution in [-0.2, 0) is 4.79 Å². The molecule has 3 nitrogen and oxygen atoms in total. The summed E-state index contributed by atoms with van der Waals surface area (Å²) in [5, 5.41) is 3.24. The van der Waals surface area contributed by atoms with Gasteiger partial charge < -0.3 is 10.2 Å². The van der Waals surface area contributed by atoms with E-state index in [-0.39, 0.29) is 0 Å². The molecular formula is C13H26N2O. The van der Waals surface area contributed by atoms with E-state index in [0.29, 0.717) is 11.9 Å². The van der Waals surface area contributed by atoms with Crippen molar-refractivity contribution in [3.05, 3.63) is 0 Å². The number of carbonyl (C=O) groups excluding carboxylic acids is 1. The average Bonchev–Trinajstić information content (AvgIpc) is 2.77. The molecule has 0 radical (unpaired) electrons. The molecule has 1 amide bonds. The number of hydrogen-bond donors (Lipinski definition) is 1. The summed E-state index contributed by atoms with van der Waals surface area (Å²) in [6.07, 6.45) is 7.99. The summed E-state index contributed by atoms with van der Waals surface area (Å²) in [5.41, 5.74) is 0.